The van der Waals surface area contributed by atoms with Crippen LogP contribution in [-0.2, 0) is 5.41 Å². The van der Waals surface area contributed by atoms with Crippen molar-refractivity contribution >= 4 is 17.4 Å². The van der Waals surface area contributed by atoms with Gasteiger partial charge in [0.1, 0.15) is 23.9 Å². The van der Waals surface area contributed by atoms with Gasteiger partial charge in [-0.2, -0.15) is 0 Å². The van der Waals surface area contributed by atoms with Crippen molar-refractivity contribution in [3.8, 4) is 28.5 Å². The third kappa shape index (κ3) is 6.29. The zero-order valence-electron chi connectivity index (χ0n) is 20.2. The second-order valence-electron chi connectivity index (χ2n) is 8.62. The summed E-state index contributed by atoms with van der Waals surface area (Å²) in [6.45, 7) is 4.05. The number of carbonyl (C=O) groups is 1. The number of rotatable bonds is 11. The largest absolute Gasteiger partial charge is 0.494 e. The highest BCUT2D eigenvalue weighted by Crippen LogP contribution is 2.36. The Balaban J connectivity index is 1.80. The molecule has 2 aromatic carbocycles. The molecule has 3 aromatic rings. The number of carbonyl (C=O) groups excluding carboxylic acids is 1. The van der Waals surface area contributed by atoms with Crippen molar-refractivity contribution in [2.75, 3.05) is 27.4 Å². The van der Waals surface area contributed by atoms with Gasteiger partial charge in [-0.15, -0.1) is 0 Å². The number of ketones is 1. The minimum absolute atomic E-state index is 0.00446. The van der Waals surface area contributed by atoms with E-state index in [2.05, 4.69) is 0 Å². The Hall–Kier alpha value is -3.16. The van der Waals surface area contributed by atoms with Gasteiger partial charge in [0, 0.05) is 28.7 Å². The molecule has 0 bridgehead atoms. The number of ether oxygens (including phenoxy) is 3. The maximum atomic E-state index is 13.7. The Kier molecular flexibility index (Phi) is 8.70. The predicted octanol–water partition coefficient (Wildman–Crippen LogP) is 5.87. The Morgan fingerprint density at radius 2 is 1.74 bits per heavy atom. The van der Waals surface area contributed by atoms with Crippen LogP contribution in [-0.4, -0.2) is 43.3 Å². The summed E-state index contributed by atoms with van der Waals surface area (Å²) < 4.78 is 29.9. The summed E-state index contributed by atoms with van der Waals surface area (Å²) in [5, 5.41) is 8.96. The summed E-state index contributed by atoms with van der Waals surface area (Å²) in [6.07, 6.45) is 0.832. The van der Waals surface area contributed by atoms with Crippen molar-refractivity contribution in [3.63, 3.8) is 0 Å². The van der Waals surface area contributed by atoms with E-state index < -0.39 is 11.2 Å². The number of halogens is 2. The first-order valence-electron chi connectivity index (χ1n) is 11.2. The van der Waals surface area contributed by atoms with Gasteiger partial charge < -0.3 is 19.3 Å². The highest BCUT2D eigenvalue weighted by Gasteiger charge is 2.26. The first kappa shape index (κ1) is 26.4. The fraction of sp³-hybridized carbons (Fsp3) is 0.333. The molecule has 0 amide bonds. The summed E-state index contributed by atoms with van der Waals surface area (Å²) in [5.41, 5.74) is 2.03. The average Bonchev–Trinajstić information content (AvgIpc) is 2.87. The quantitative estimate of drug-likeness (QED) is 0.331. The molecule has 3 rings (SSSR count). The van der Waals surface area contributed by atoms with Crippen LogP contribution >= 0.6 is 11.6 Å². The van der Waals surface area contributed by atoms with Gasteiger partial charge in [-0.05, 0) is 55.0 Å². The van der Waals surface area contributed by atoms with Gasteiger partial charge in [0.2, 0.25) is 0 Å². The van der Waals surface area contributed by atoms with Crippen molar-refractivity contribution < 1.29 is 28.5 Å². The highest BCUT2D eigenvalue weighted by atomic mass is 35.5. The third-order valence-electron chi connectivity index (χ3n) is 5.78. The molecule has 1 heterocycles. The first-order chi connectivity index (χ1) is 16.7. The van der Waals surface area contributed by atoms with Gasteiger partial charge in [0.25, 0.3) is 0 Å². The topological polar surface area (TPSA) is 77.9 Å². The standard InChI is InChI=1S/C27H29ClFNO5/c1-27(2,12-11-21(32)17-6-8-22(35-14-13-31)24(16-17)34-4)25-10-9-23(33-3)26(30-25)18-5-7-20(29)19(28)15-18/h5-10,15-16,31H,11-14H2,1-4H3. The Morgan fingerprint density at radius 3 is 2.40 bits per heavy atom. The molecule has 0 aliphatic carbocycles. The van der Waals surface area contributed by atoms with Gasteiger partial charge >= 0.3 is 0 Å². The molecular formula is C27H29ClFNO5. The van der Waals surface area contributed by atoms with Crippen molar-refractivity contribution in [1.82, 2.24) is 4.98 Å². The van der Waals surface area contributed by atoms with E-state index in [0.29, 0.717) is 46.9 Å². The van der Waals surface area contributed by atoms with E-state index in [1.807, 2.05) is 26.0 Å². The Morgan fingerprint density at radius 1 is 1.03 bits per heavy atom. The number of methoxy groups -OCH3 is 2. The van der Waals surface area contributed by atoms with E-state index in [1.54, 1.807) is 31.4 Å². The molecule has 0 fully saturated rings. The minimum Gasteiger partial charge on any atom is -0.494 e. The maximum Gasteiger partial charge on any atom is 0.163 e. The fourth-order valence-corrected chi connectivity index (χ4v) is 3.83. The summed E-state index contributed by atoms with van der Waals surface area (Å²) in [5.74, 6) is 0.898. The number of Topliss-reactive ketones (excluding diaryl/α,β-unsaturated/α-hetero) is 1. The zero-order chi connectivity index (χ0) is 25.6. The van der Waals surface area contributed by atoms with Crippen LogP contribution in [0.5, 0.6) is 17.2 Å². The lowest BCUT2D eigenvalue weighted by Crippen LogP contribution is -2.21. The number of benzene rings is 2. The molecule has 35 heavy (non-hydrogen) atoms. The number of hydrogen-bond acceptors (Lipinski definition) is 6. The van der Waals surface area contributed by atoms with Gasteiger partial charge in [0.05, 0.1) is 25.8 Å². The van der Waals surface area contributed by atoms with Crippen LogP contribution in [0.4, 0.5) is 4.39 Å². The van der Waals surface area contributed by atoms with Gasteiger partial charge in [-0.3, -0.25) is 4.79 Å². The number of pyridine rings is 1. The molecule has 1 aromatic heterocycles. The molecule has 0 saturated heterocycles. The van der Waals surface area contributed by atoms with E-state index in [0.717, 1.165) is 5.69 Å². The van der Waals surface area contributed by atoms with E-state index in [4.69, 9.17) is 35.9 Å². The van der Waals surface area contributed by atoms with Crippen molar-refractivity contribution in [2.24, 2.45) is 0 Å². The third-order valence-corrected chi connectivity index (χ3v) is 6.07. The molecule has 1 N–H and O–H groups in total. The second-order valence-corrected chi connectivity index (χ2v) is 9.03. The van der Waals surface area contributed by atoms with Gasteiger partial charge in [0.15, 0.2) is 17.3 Å². The zero-order valence-corrected chi connectivity index (χ0v) is 21.0. The number of aromatic nitrogens is 1. The summed E-state index contributed by atoms with van der Waals surface area (Å²) in [6, 6.07) is 13.1. The predicted molar refractivity (Wildman–Crippen MR) is 133 cm³/mol. The van der Waals surface area contributed by atoms with Crippen LogP contribution in [0.2, 0.25) is 5.02 Å². The van der Waals surface area contributed by atoms with Gasteiger partial charge in [-0.25, -0.2) is 9.37 Å². The monoisotopic (exact) mass is 501 g/mol. The summed E-state index contributed by atoms with van der Waals surface area (Å²) >= 11 is 5.98. The van der Waals surface area contributed by atoms with Crippen molar-refractivity contribution in [2.45, 2.75) is 32.1 Å². The highest BCUT2D eigenvalue weighted by molar-refractivity contribution is 6.31. The minimum atomic E-state index is -0.506. The average molecular weight is 502 g/mol. The molecular weight excluding hydrogens is 473 g/mol. The van der Waals surface area contributed by atoms with Crippen LogP contribution in [0.3, 0.4) is 0 Å². The molecule has 0 aliphatic heterocycles. The molecule has 0 unspecified atom stereocenters. The number of nitrogens with zero attached hydrogens (tertiary/aromatic N) is 1. The lowest BCUT2D eigenvalue weighted by Gasteiger charge is -2.25. The maximum absolute atomic E-state index is 13.7. The molecule has 0 radical (unpaired) electrons. The molecule has 8 heteroatoms. The number of hydrogen-bond donors (Lipinski definition) is 1. The van der Waals surface area contributed by atoms with Crippen molar-refractivity contribution in [1.29, 1.82) is 0 Å². The Bertz CT molecular complexity index is 1200. The molecule has 186 valence electrons. The number of aliphatic hydroxyl groups is 1. The summed E-state index contributed by atoms with van der Waals surface area (Å²) in [7, 11) is 3.04. The first-order valence-corrected chi connectivity index (χ1v) is 11.5. The molecule has 0 aliphatic rings. The van der Waals surface area contributed by atoms with Crippen LogP contribution in [0.25, 0.3) is 11.3 Å². The lowest BCUT2D eigenvalue weighted by molar-refractivity contribution is 0.0971. The van der Waals surface area contributed by atoms with E-state index in [9.17, 15) is 9.18 Å². The number of aliphatic hydroxyl groups excluding tert-OH is 1. The summed E-state index contributed by atoms with van der Waals surface area (Å²) in [4.78, 5) is 17.7. The van der Waals surface area contributed by atoms with Crippen LogP contribution in [0, 0.1) is 5.82 Å². The van der Waals surface area contributed by atoms with Crippen molar-refractivity contribution in [3.05, 3.63) is 70.6 Å². The second kappa shape index (κ2) is 11.5. The molecule has 0 saturated carbocycles. The SMILES string of the molecule is COc1cc(C(=O)CCC(C)(C)c2ccc(OC)c(-c3ccc(F)c(Cl)c3)n2)ccc1OCCO. The molecule has 0 spiro atoms. The van der Waals surface area contributed by atoms with Crippen LogP contribution in [0.1, 0.15) is 42.7 Å². The van der Waals surface area contributed by atoms with Crippen LogP contribution < -0.4 is 14.2 Å². The Labute approximate surface area is 209 Å². The van der Waals surface area contributed by atoms with Gasteiger partial charge in [-0.1, -0.05) is 25.4 Å². The molecule has 6 nitrogen and oxygen atoms in total. The van der Waals surface area contributed by atoms with E-state index in [1.165, 1.54) is 19.2 Å². The van der Waals surface area contributed by atoms with E-state index >= 15 is 0 Å². The smallest absolute Gasteiger partial charge is 0.163 e. The van der Waals surface area contributed by atoms with E-state index in [-0.39, 0.29) is 24.0 Å². The molecule has 0 atom stereocenters. The fourth-order valence-electron chi connectivity index (χ4n) is 3.65. The van der Waals surface area contributed by atoms with Crippen LogP contribution in [0.15, 0.2) is 48.5 Å². The lowest BCUT2D eigenvalue weighted by atomic mass is 9.82. The normalized spacial score (nSPS) is 11.3.